The molecule has 1 aromatic heterocycles. The van der Waals surface area contributed by atoms with Crippen molar-refractivity contribution in [3.05, 3.63) is 53.9 Å². The second-order valence-electron chi connectivity index (χ2n) is 5.18. The Morgan fingerprint density at radius 2 is 2.05 bits per heavy atom. The van der Waals surface area contributed by atoms with Crippen molar-refractivity contribution in [2.75, 3.05) is 5.32 Å². The van der Waals surface area contributed by atoms with Gasteiger partial charge in [0.2, 0.25) is 0 Å². The van der Waals surface area contributed by atoms with Gasteiger partial charge in [-0.1, -0.05) is 25.1 Å². The van der Waals surface area contributed by atoms with Crippen molar-refractivity contribution in [2.45, 2.75) is 33.2 Å². The van der Waals surface area contributed by atoms with E-state index >= 15 is 0 Å². The van der Waals surface area contributed by atoms with Gasteiger partial charge < -0.3 is 10.6 Å². The van der Waals surface area contributed by atoms with Crippen LogP contribution < -0.4 is 10.6 Å². The van der Waals surface area contributed by atoms with Crippen molar-refractivity contribution in [2.24, 2.45) is 0 Å². The van der Waals surface area contributed by atoms with E-state index in [9.17, 15) is 4.79 Å². The quantitative estimate of drug-likeness (QED) is 0.880. The Hall–Kier alpha value is -2.36. The number of anilines is 2. The van der Waals surface area contributed by atoms with Crippen LogP contribution in [0.15, 0.2) is 42.7 Å². The van der Waals surface area contributed by atoms with Crippen LogP contribution in [0.5, 0.6) is 0 Å². The number of nitrogens with zero attached hydrogens (tertiary/aromatic N) is 1. The average Bonchev–Trinajstić information content (AvgIpc) is 2.49. The Balaban J connectivity index is 2.14. The highest BCUT2D eigenvalue weighted by Crippen LogP contribution is 2.20. The third-order valence-corrected chi connectivity index (χ3v) is 3.41. The summed E-state index contributed by atoms with van der Waals surface area (Å²) in [6.45, 7) is 6.06. The number of carbonyl (C=O) groups excluding carboxylic acids is 1. The van der Waals surface area contributed by atoms with E-state index in [1.165, 1.54) is 0 Å². The van der Waals surface area contributed by atoms with Gasteiger partial charge in [0.25, 0.3) is 5.91 Å². The molecule has 1 heterocycles. The Morgan fingerprint density at radius 3 is 2.76 bits per heavy atom. The first-order valence-corrected chi connectivity index (χ1v) is 7.18. The maximum absolute atomic E-state index is 12.1. The van der Waals surface area contributed by atoms with Gasteiger partial charge in [-0.3, -0.25) is 9.78 Å². The van der Waals surface area contributed by atoms with Crippen LogP contribution in [0.4, 0.5) is 11.4 Å². The Bertz CT molecular complexity index is 625. The number of hydrogen-bond donors (Lipinski definition) is 2. The number of aryl methyl sites for hydroxylation is 1. The van der Waals surface area contributed by atoms with Gasteiger partial charge in [-0.05, 0) is 38.0 Å². The summed E-state index contributed by atoms with van der Waals surface area (Å²) >= 11 is 0. The second-order valence-corrected chi connectivity index (χ2v) is 5.18. The van der Waals surface area contributed by atoms with Crippen LogP contribution in [0, 0.1) is 6.92 Å². The zero-order valence-electron chi connectivity index (χ0n) is 12.7. The van der Waals surface area contributed by atoms with Crippen molar-refractivity contribution in [3.8, 4) is 0 Å². The van der Waals surface area contributed by atoms with Gasteiger partial charge in [0.1, 0.15) is 0 Å². The van der Waals surface area contributed by atoms with E-state index in [1.807, 2.05) is 51.1 Å². The zero-order chi connectivity index (χ0) is 15.2. The van der Waals surface area contributed by atoms with Gasteiger partial charge in [-0.25, -0.2) is 0 Å². The molecular weight excluding hydrogens is 262 g/mol. The minimum Gasteiger partial charge on any atom is -0.354 e. The van der Waals surface area contributed by atoms with Crippen molar-refractivity contribution in [3.63, 3.8) is 0 Å². The van der Waals surface area contributed by atoms with Crippen LogP contribution in [0.2, 0.25) is 0 Å². The molecule has 0 aliphatic heterocycles. The van der Waals surface area contributed by atoms with Gasteiger partial charge in [-0.15, -0.1) is 0 Å². The highest BCUT2D eigenvalue weighted by atomic mass is 16.1. The third kappa shape index (κ3) is 4.05. The number of carbonyl (C=O) groups is 1. The summed E-state index contributed by atoms with van der Waals surface area (Å²) in [5, 5.41) is 6.23. The fourth-order valence-corrected chi connectivity index (χ4v) is 1.91. The van der Waals surface area contributed by atoms with Crippen molar-refractivity contribution in [1.82, 2.24) is 10.3 Å². The maximum Gasteiger partial charge on any atom is 0.253 e. The van der Waals surface area contributed by atoms with Gasteiger partial charge in [-0.2, -0.15) is 0 Å². The molecular formula is C17H21N3O. The van der Waals surface area contributed by atoms with Gasteiger partial charge in [0.15, 0.2) is 0 Å². The fourth-order valence-electron chi connectivity index (χ4n) is 1.91. The Morgan fingerprint density at radius 1 is 1.29 bits per heavy atom. The monoisotopic (exact) mass is 283 g/mol. The summed E-state index contributed by atoms with van der Waals surface area (Å²) in [7, 11) is 0. The van der Waals surface area contributed by atoms with Crippen LogP contribution in [0.25, 0.3) is 0 Å². The molecule has 4 nitrogen and oxygen atoms in total. The average molecular weight is 283 g/mol. The summed E-state index contributed by atoms with van der Waals surface area (Å²) in [5.41, 5.74) is 3.53. The van der Waals surface area contributed by atoms with Gasteiger partial charge >= 0.3 is 0 Å². The first-order chi connectivity index (χ1) is 10.1. The smallest absolute Gasteiger partial charge is 0.253 e. The number of hydrogen-bond acceptors (Lipinski definition) is 3. The van der Waals surface area contributed by atoms with Crippen LogP contribution in [-0.4, -0.2) is 16.9 Å². The van der Waals surface area contributed by atoms with E-state index in [0.717, 1.165) is 23.4 Å². The first-order valence-electron chi connectivity index (χ1n) is 7.18. The lowest BCUT2D eigenvalue weighted by molar-refractivity contribution is 0.0939. The number of rotatable bonds is 5. The molecule has 4 heteroatoms. The molecule has 0 saturated heterocycles. The Labute approximate surface area is 125 Å². The van der Waals surface area contributed by atoms with Crippen LogP contribution in [0.3, 0.4) is 0 Å². The molecule has 1 aromatic carbocycles. The summed E-state index contributed by atoms with van der Waals surface area (Å²) in [6, 6.07) is 9.98. The normalized spacial score (nSPS) is 11.8. The minimum absolute atomic E-state index is 0.0923. The lowest BCUT2D eigenvalue weighted by Crippen LogP contribution is -2.31. The summed E-state index contributed by atoms with van der Waals surface area (Å²) in [5.74, 6) is -0.0923. The minimum atomic E-state index is -0.0923. The van der Waals surface area contributed by atoms with E-state index in [-0.39, 0.29) is 11.9 Å². The third-order valence-electron chi connectivity index (χ3n) is 3.41. The molecule has 1 atom stereocenters. The molecule has 1 amide bonds. The molecule has 0 bridgehead atoms. The van der Waals surface area contributed by atoms with Crippen molar-refractivity contribution < 1.29 is 4.79 Å². The first kappa shape index (κ1) is 15.0. The highest BCUT2D eigenvalue weighted by molar-refractivity contribution is 5.95. The zero-order valence-corrected chi connectivity index (χ0v) is 12.7. The second kappa shape index (κ2) is 6.88. The molecule has 2 aromatic rings. The van der Waals surface area contributed by atoms with E-state index < -0.39 is 0 Å². The van der Waals surface area contributed by atoms with Gasteiger partial charge in [0, 0.05) is 17.9 Å². The van der Waals surface area contributed by atoms with E-state index in [0.29, 0.717) is 5.56 Å². The molecule has 110 valence electrons. The van der Waals surface area contributed by atoms with E-state index in [2.05, 4.69) is 15.6 Å². The summed E-state index contributed by atoms with van der Waals surface area (Å²) in [4.78, 5) is 16.2. The molecule has 0 aliphatic rings. The number of benzene rings is 1. The predicted octanol–water partition coefficient (Wildman–Crippen LogP) is 3.66. The number of para-hydroxylation sites is 1. The number of aromatic nitrogens is 1. The van der Waals surface area contributed by atoms with Crippen molar-refractivity contribution >= 4 is 17.3 Å². The molecule has 0 fully saturated rings. The van der Waals surface area contributed by atoms with E-state index in [4.69, 9.17) is 0 Å². The topological polar surface area (TPSA) is 54.0 Å². The molecule has 0 aliphatic carbocycles. The predicted molar refractivity (Wildman–Crippen MR) is 85.9 cm³/mol. The molecule has 0 saturated carbocycles. The summed E-state index contributed by atoms with van der Waals surface area (Å²) < 4.78 is 0. The highest BCUT2D eigenvalue weighted by Gasteiger charge is 2.09. The number of nitrogens with one attached hydrogen (secondary N) is 2. The molecule has 2 N–H and O–H groups in total. The van der Waals surface area contributed by atoms with Crippen LogP contribution in [0.1, 0.15) is 36.2 Å². The fraction of sp³-hybridized carbons (Fsp3) is 0.294. The van der Waals surface area contributed by atoms with Crippen LogP contribution in [-0.2, 0) is 0 Å². The molecule has 21 heavy (non-hydrogen) atoms. The lowest BCUT2D eigenvalue weighted by Gasteiger charge is -2.13. The largest absolute Gasteiger partial charge is 0.354 e. The lowest BCUT2D eigenvalue weighted by atomic mass is 10.2. The SMILES string of the molecule is CCC(C)NC(=O)c1cncc(Nc2ccccc2C)c1. The standard InChI is InChI=1S/C17H21N3O/c1-4-13(3)19-17(21)14-9-15(11-18-10-14)20-16-8-6-5-7-12(16)2/h5-11,13,20H,4H2,1-3H3,(H,19,21). The van der Waals surface area contributed by atoms with Gasteiger partial charge in [0.05, 0.1) is 17.4 Å². The number of amides is 1. The summed E-state index contributed by atoms with van der Waals surface area (Å²) in [6.07, 6.45) is 4.20. The molecule has 0 radical (unpaired) electrons. The molecule has 2 rings (SSSR count). The Kier molecular flexibility index (Phi) is 4.93. The number of pyridine rings is 1. The maximum atomic E-state index is 12.1. The molecule has 0 spiro atoms. The van der Waals surface area contributed by atoms with Crippen molar-refractivity contribution in [1.29, 1.82) is 0 Å². The molecule has 1 unspecified atom stereocenters. The van der Waals surface area contributed by atoms with Crippen LogP contribution >= 0.6 is 0 Å². The van der Waals surface area contributed by atoms with E-state index in [1.54, 1.807) is 12.4 Å².